The first-order chi connectivity index (χ1) is 8.35. The zero-order valence-corrected chi connectivity index (χ0v) is 9.63. The van der Waals surface area contributed by atoms with E-state index < -0.39 is 0 Å². The monoisotopic (exact) mass is 233 g/mol. The number of anilines is 1. The lowest BCUT2D eigenvalue weighted by Crippen LogP contribution is -2.23. The molecule has 0 saturated carbocycles. The molecule has 2 aromatic heterocycles. The SMILES string of the molecule is CCC(CO)Nc1nccnc1-c1ccoc1. The summed E-state index contributed by atoms with van der Waals surface area (Å²) in [6, 6.07) is 1.81. The molecule has 0 aliphatic rings. The van der Waals surface area contributed by atoms with Gasteiger partial charge in [-0.05, 0) is 12.5 Å². The standard InChI is InChI=1S/C12H15N3O2/c1-2-10(7-16)15-12-11(13-4-5-14-12)9-3-6-17-8-9/h3-6,8,10,16H,2,7H2,1H3,(H,14,15). The third-order valence-corrected chi connectivity index (χ3v) is 2.55. The first-order valence-electron chi connectivity index (χ1n) is 5.56. The lowest BCUT2D eigenvalue weighted by Gasteiger charge is -2.16. The molecule has 2 heterocycles. The second-order valence-corrected chi connectivity index (χ2v) is 3.70. The van der Waals surface area contributed by atoms with Crippen LogP contribution in [0.1, 0.15) is 13.3 Å². The number of hydrogen-bond donors (Lipinski definition) is 2. The molecule has 90 valence electrons. The van der Waals surface area contributed by atoms with E-state index in [9.17, 15) is 5.11 Å². The maximum Gasteiger partial charge on any atom is 0.152 e. The van der Waals surface area contributed by atoms with Crippen molar-refractivity contribution in [3.63, 3.8) is 0 Å². The number of nitrogens with zero attached hydrogens (tertiary/aromatic N) is 2. The van der Waals surface area contributed by atoms with Crippen molar-refractivity contribution in [2.45, 2.75) is 19.4 Å². The van der Waals surface area contributed by atoms with Crippen molar-refractivity contribution in [2.24, 2.45) is 0 Å². The summed E-state index contributed by atoms with van der Waals surface area (Å²) in [5.74, 6) is 0.662. The molecule has 0 bridgehead atoms. The van der Waals surface area contributed by atoms with Crippen LogP contribution in [0.4, 0.5) is 5.82 Å². The van der Waals surface area contributed by atoms with Gasteiger partial charge in [-0.1, -0.05) is 6.92 Å². The van der Waals surface area contributed by atoms with Crippen molar-refractivity contribution in [1.82, 2.24) is 9.97 Å². The summed E-state index contributed by atoms with van der Waals surface area (Å²) in [6.07, 6.45) is 7.29. The fourth-order valence-electron chi connectivity index (χ4n) is 1.52. The number of rotatable bonds is 5. The first kappa shape index (κ1) is 11.6. The van der Waals surface area contributed by atoms with Gasteiger partial charge in [-0.3, -0.25) is 4.98 Å². The smallest absolute Gasteiger partial charge is 0.152 e. The second-order valence-electron chi connectivity index (χ2n) is 3.70. The molecular formula is C12H15N3O2. The highest BCUT2D eigenvalue weighted by atomic mass is 16.3. The summed E-state index contributed by atoms with van der Waals surface area (Å²) in [7, 11) is 0. The molecule has 0 spiro atoms. The van der Waals surface area contributed by atoms with E-state index in [2.05, 4.69) is 15.3 Å². The predicted molar refractivity (Wildman–Crippen MR) is 64.5 cm³/mol. The van der Waals surface area contributed by atoms with Crippen LogP contribution in [0.2, 0.25) is 0 Å². The first-order valence-corrected chi connectivity index (χ1v) is 5.56. The number of nitrogens with one attached hydrogen (secondary N) is 1. The molecule has 0 aliphatic heterocycles. The van der Waals surface area contributed by atoms with Crippen LogP contribution >= 0.6 is 0 Å². The van der Waals surface area contributed by atoms with Crippen molar-refractivity contribution < 1.29 is 9.52 Å². The van der Waals surface area contributed by atoms with Gasteiger partial charge in [0.15, 0.2) is 5.82 Å². The van der Waals surface area contributed by atoms with Crippen LogP contribution in [0, 0.1) is 0 Å². The van der Waals surface area contributed by atoms with Gasteiger partial charge >= 0.3 is 0 Å². The van der Waals surface area contributed by atoms with Crippen LogP contribution in [0.15, 0.2) is 35.4 Å². The van der Waals surface area contributed by atoms with E-state index in [1.165, 1.54) is 0 Å². The Morgan fingerprint density at radius 2 is 2.24 bits per heavy atom. The topological polar surface area (TPSA) is 71.2 Å². The summed E-state index contributed by atoms with van der Waals surface area (Å²) in [6.45, 7) is 2.07. The quantitative estimate of drug-likeness (QED) is 0.825. The molecule has 0 aliphatic carbocycles. The number of aromatic nitrogens is 2. The third-order valence-electron chi connectivity index (χ3n) is 2.55. The van der Waals surface area contributed by atoms with E-state index in [0.29, 0.717) is 5.82 Å². The summed E-state index contributed by atoms with van der Waals surface area (Å²) in [5.41, 5.74) is 1.60. The summed E-state index contributed by atoms with van der Waals surface area (Å²) < 4.78 is 5.04. The Balaban J connectivity index is 2.28. The van der Waals surface area contributed by atoms with Crippen LogP contribution < -0.4 is 5.32 Å². The molecule has 2 aromatic rings. The minimum Gasteiger partial charge on any atom is -0.472 e. The highest BCUT2D eigenvalue weighted by Gasteiger charge is 2.12. The van der Waals surface area contributed by atoms with Gasteiger partial charge in [0.05, 0.1) is 25.2 Å². The maximum atomic E-state index is 9.18. The van der Waals surface area contributed by atoms with Crippen LogP contribution in [0.25, 0.3) is 11.3 Å². The summed E-state index contributed by atoms with van der Waals surface area (Å²) >= 11 is 0. The van der Waals surface area contributed by atoms with Crippen LogP contribution in [-0.4, -0.2) is 27.7 Å². The van der Waals surface area contributed by atoms with E-state index in [0.717, 1.165) is 17.7 Å². The van der Waals surface area contributed by atoms with Gasteiger partial charge in [0.2, 0.25) is 0 Å². The van der Waals surface area contributed by atoms with E-state index >= 15 is 0 Å². The third kappa shape index (κ3) is 2.62. The molecule has 1 atom stereocenters. The second kappa shape index (κ2) is 5.45. The van der Waals surface area contributed by atoms with Gasteiger partial charge < -0.3 is 14.8 Å². The number of hydrogen-bond acceptors (Lipinski definition) is 5. The molecule has 2 rings (SSSR count). The highest BCUT2D eigenvalue weighted by Crippen LogP contribution is 2.24. The minimum atomic E-state index is -0.0163. The minimum absolute atomic E-state index is 0.0163. The van der Waals surface area contributed by atoms with Gasteiger partial charge in [0.25, 0.3) is 0 Å². The Labute approximate surface area is 99.5 Å². The van der Waals surface area contributed by atoms with Gasteiger partial charge in [-0.2, -0.15) is 0 Å². The zero-order chi connectivity index (χ0) is 12.1. The summed E-state index contributed by atoms with van der Waals surface area (Å²) in [4.78, 5) is 8.52. The fraction of sp³-hybridized carbons (Fsp3) is 0.333. The van der Waals surface area contributed by atoms with Gasteiger partial charge in [-0.25, -0.2) is 4.98 Å². The average molecular weight is 233 g/mol. The Morgan fingerprint density at radius 1 is 1.41 bits per heavy atom. The van der Waals surface area contributed by atoms with E-state index in [1.54, 1.807) is 24.9 Å². The van der Waals surface area contributed by atoms with Crippen molar-refractivity contribution in [3.05, 3.63) is 31.0 Å². The molecule has 2 N–H and O–H groups in total. The number of furan rings is 1. The van der Waals surface area contributed by atoms with Crippen LogP contribution in [0.5, 0.6) is 0 Å². The predicted octanol–water partition coefficient (Wildman–Crippen LogP) is 1.92. The van der Waals surface area contributed by atoms with Crippen molar-refractivity contribution in [1.29, 1.82) is 0 Å². The van der Waals surface area contributed by atoms with E-state index in [-0.39, 0.29) is 12.6 Å². The molecular weight excluding hydrogens is 218 g/mol. The Kier molecular flexibility index (Phi) is 3.72. The van der Waals surface area contributed by atoms with Gasteiger partial charge in [-0.15, -0.1) is 0 Å². The lowest BCUT2D eigenvalue weighted by atomic mass is 10.2. The molecule has 0 radical (unpaired) electrons. The van der Waals surface area contributed by atoms with Crippen LogP contribution in [-0.2, 0) is 0 Å². The Morgan fingerprint density at radius 3 is 2.88 bits per heavy atom. The van der Waals surface area contributed by atoms with Gasteiger partial charge in [0, 0.05) is 18.0 Å². The van der Waals surface area contributed by atoms with E-state index in [4.69, 9.17) is 4.42 Å². The lowest BCUT2D eigenvalue weighted by molar-refractivity contribution is 0.271. The Hall–Kier alpha value is -1.88. The molecule has 0 amide bonds. The largest absolute Gasteiger partial charge is 0.472 e. The van der Waals surface area contributed by atoms with Crippen molar-refractivity contribution >= 4 is 5.82 Å². The zero-order valence-electron chi connectivity index (χ0n) is 9.63. The molecule has 17 heavy (non-hydrogen) atoms. The fourth-order valence-corrected chi connectivity index (χ4v) is 1.52. The molecule has 0 saturated heterocycles. The van der Waals surface area contributed by atoms with Crippen molar-refractivity contribution in [3.8, 4) is 11.3 Å². The van der Waals surface area contributed by atoms with E-state index in [1.807, 2.05) is 13.0 Å². The van der Waals surface area contributed by atoms with Gasteiger partial charge in [0.1, 0.15) is 5.69 Å². The number of aliphatic hydroxyl groups is 1. The molecule has 1 unspecified atom stereocenters. The van der Waals surface area contributed by atoms with Crippen molar-refractivity contribution in [2.75, 3.05) is 11.9 Å². The number of aliphatic hydroxyl groups excluding tert-OH is 1. The molecule has 0 aromatic carbocycles. The Bertz CT molecular complexity index is 453. The summed E-state index contributed by atoms with van der Waals surface area (Å²) in [5, 5.41) is 12.3. The average Bonchev–Trinajstić information content (AvgIpc) is 2.90. The molecule has 5 heteroatoms. The maximum absolute atomic E-state index is 9.18. The normalized spacial score (nSPS) is 12.4. The molecule has 5 nitrogen and oxygen atoms in total. The molecule has 0 fully saturated rings. The highest BCUT2D eigenvalue weighted by molar-refractivity contribution is 5.70. The van der Waals surface area contributed by atoms with Crippen LogP contribution in [0.3, 0.4) is 0 Å².